The second-order valence-electron chi connectivity index (χ2n) is 5.16. The SMILES string of the molecule is CC(C)NC(=O)Nc1ccc(C(=O)Nc2ncccc2O)cc1. The Morgan fingerprint density at radius 3 is 2.39 bits per heavy atom. The standard InChI is InChI=1S/C16H18N4O3/c1-10(2)18-16(23)19-12-7-5-11(6-8-12)15(22)20-14-13(21)4-3-9-17-14/h3-10,21H,1-2H3,(H,17,20,22)(H2,18,19,23). The molecule has 0 aliphatic rings. The molecule has 4 N–H and O–H groups in total. The lowest BCUT2D eigenvalue weighted by Crippen LogP contribution is -2.34. The van der Waals surface area contributed by atoms with E-state index in [1.165, 1.54) is 12.3 Å². The van der Waals surface area contributed by atoms with Crippen molar-refractivity contribution in [2.45, 2.75) is 19.9 Å². The molecule has 0 unspecified atom stereocenters. The van der Waals surface area contributed by atoms with Crippen LogP contribution < -0.4 is 16.0 Å². The maximum atomic E-state index is 12.1. The number of carbonyl (C=O) groups is 2. The van der Waals surface area contributed by atoms with E-state index in [0.29, 0.717) is 11.3 Å². The summed E-state index contributed by atoms with van der Waals surface area (Å²) in [5.41, 5.74) is 0.949. The summed E-state index contributed by atoms with van der Waals surface area (Å²) < 4.78 is 0. The Bertz CT molecular complexity index is 699. The number of aromatic hydroxyl groups is 1. The van der Waals surface area contributed by atoms with Gasteiger partial charge in [0.05, 0.1) is 0 Å². The Hall–Kier alpha value is -3.09. The summed E-state index contributed by atoms with van der Waals surface area (Å²) in [7, 11) is 0. The molecule has 0 aliphatic carbocycles. The van der Waals surface area contributed by atoms with Crippen LogP contribution in [0.1, 0.15) is 24.2 Å². The smallest absolute Gasteiger partial charge is 0.319 e. The van der Waals surface area contributed by atoms with Crippen LogP contribution in [0.5, 0.6) is 5.75 Å². The van der Waals surface area contributed by atoms with E-state index in [-0.39, 0.29) is 23.6 Å². The van der Waals surface area contributed by atoms with E-state index in [0.717, 1.165) is 0 Å². The lowest BCUT2D eigenvalue weighted by Gasteiger charge is -2.10. The Morgan fingerprint density at radius 1 is 1.09 bits per heavy atom. The van der Waals surface area contributed by atoms with Crippen LogP contribution in [0.4, 0.5) is 16.3 Å². The van der Waals surface area contributed by atoms with Crippen molar-refractivity contribution in [2.75, 3.05) is 10.6 Å². The van der Waals surface area contributed by atoms with Crippen molar-refractivity contribution in [3.8, 4) is 5.75 Å². The van der Waals surface area contributed by atoms with Crippen molar-refractivity contribution in [1.82, 2.24) is 10.3 Å². The summed E-state index contributed by atoms with van der Waals surface area (Å²) in [4.78, 5) is 27.5. The second-order valence-corrected chi connectivity index (χ2v) is 5.16. The van der Waals surface area contributed by atoms with Crippen molar-refractivity contribution in [2.24, 2.45) is 0 Å². The quantitative estimate of drug-likeness (QED) is 0.696. The fourth-order valence-electron chi connectivity index (χ4n) is 1.81. The zero-order valence-corrected chi connectivity index (χ0v) is 12.8. The van der Waals surface area contributed by atoms with Gasteiger partial charge in [0.15, 0.2) is 11.6 Å². The first-order valence-electron chi connectivity index (χ1n) is 7.08. The molecule has 0 fully saturated rings. The van der Waals surface area contributed by atoms with Gasteiger partial charge < -0.3 is 21.1 Å². The molecule has 7 heteroatoms. The number of hydrogen-bond donors (Lipinski definition) is 4. The molecule has 7 nitrogen and oxygen atoms in total. The third-order valence-electron chi connectivity index (χ3n) is 2.84. The van der Waals surface area contributed by atoms with E-state index < -0.39 is 5.91 Å². The summed E-state index contributed by atoms with van der Waals surface area (Å²) in [5, 5.41) is 17.5. The molecule has 0 aliphatic heterocycles. The lowest BCUT2D eigenvalue weighted by atomic mass is 10.2. The fraction of sp³-hybridized carbons (Fsp3) is 0.188. The second kappa shape index (κ2) is 7.26. The lowest BCUT2D eigenvalue weighted by molar-refractivity contribution is 0.102. The molecule has 0 bridgehead atoms. The number of nitrogens with zero attached hydrogens (tertiary/aromatic N) is 1. The van der Waals surface area contributed by atoms with Crippen LogP contribution in [0, 0.1) is 0 Å². The van der Waals surface area contributed by atoms with Gasteiger partial charge in [-0.05, 0) is 50.2 Å². The van der Waals surface area contributed by atoms with Crippen molar-refractivity contribution in [3.63, 3.8) is 0 Å². The van der Waals surface area contributed by atoms with E-state index in [1.807, 2.05) is 13.8 Å². The molecule has 2 aromatic rings. The van der Waals surface area contributed by atoms with Gasteiger partial charge in [-0.1, -0.05) is 0 Å². The van der Waals surface area contributed by atoms with Crippen LogP contribution in [0.15, 0.2) is 42.6 Å². The predicted octanol–water partition coefficient (Wildman–Crippen LogP) is 2.57. The van der Waals surface area contributed by atoms with Gasteiger partial charge >= 0.3 is 6.03 Å². The van der Waals surface area contributed by atoms with Gasteiger partial charge in [0.2, 0.25) is 0 Å². The molecule has 0 spiro atoms. The van der Waals surface area contributed by atoms with Crippen molar-refractivity contribution >= 4 is 23.4 Å². The maximum absolute atomic E-state index is 12.1. The number of nitrogens with one attached hydrogen (secondary N) is 3. The molecule has 23 heavy (non-hydrogen) atoms. The average molecular weight is 314 g/mol. The molecule has 0 saturated carbocycles. The number of urea groups is 1. The molecule has 1 aromatic carbocycles. The summed E-state index contributed by atoms with van der Waals surface area (Å²) in [5.74, 6) is -0.419. The summed E-state index contributed by atoms with van der Waals surface area (Å²) in [6.07, 6.45) is 1.47. The maximum Gasteiger partial charge on any atom is 0.319 e. The number of aromatic nitrogens is 1. The minimum Gasteiger partial charge on any atom is -0.504 e. The highest BCUT2D eigenvalue weighted by molar-refractivity contribution is 6.04. The summed E-state index contributed by atoms with van der Waals surface area (Å²) >= 11 is 0. The topological polar surface area (TPSA) is 103 Å². The molecule has 0 atom stereocenters. The molecule has 2 rings (SSSR count). The number of amides is 3. The van der Waals surface area contributed by atoms with Crippen LogP contribution >= 0.6 is 0 Å². The molecule has 0 saturated heterocycles. The number of anilines is 2. The van der Waals surface area contributed by atoms with Crippen LogP contribution in [-0.2, 0) is 0 Å². The van der Waals surface area contributed by atoms with Gasteiger partial charge in [-0.3, -0.25) is 4.79 Å². The third kappa shape index (κ3) is 4.70. The molecule has 1 aromatic heterocycles. The highest BCUT2D eigenvalue weighted by Crippen LogP contribution is 2.19. The minimum atomic E-state index is -0.405. The molecule has 120 valence electrons. The van der Waals surface area contributed by atoms with Crippen LogP contribution in [0.2, 0.25) is 0 Å². The van der Waals surface area contributed by atoms with Crippen molar-refractivity contribution in [1.29, 1.82) is 0 Å². The van der Waals surface area contributed by atoms with E-state index in [4.69, 9.17) is 0 Å². The number of carbonyl (C=O) groups excluding carboxylic acids is 2. The van der Waals surface area contributed by atoms with Gasteiger partial charge in [-0.15, -0.1) is 0 Å². The van der Waals surface area contributed by atoms with Gasteiger partial charge in [0.1, 0.15) is 0 Å². The zero-order chi connectivity index (χ0) is 16.8. The first kappa shape index (κ1) is 16.3. The van der Waals surface area contributed by atoms with Crippen molar-refractivity contribution in [3.05, 3.63) is 48.2 Å². The number of benzene rings is 1. The van der Waals surface area contributed by atoms with E-state index in [1.54, 1.807) is 30.3 Å². The Labute approximate surface area is 133 Å². The van der Waals surface area contributed by atoms with Crippen molar-refractivity contribution < 1.29 is 14.7 Å². The summed E-state index contributed by atoms with van der Waals surface area (Å²) in [6, 6.07) is 9.10. The van der Waals surface area contributed by atoms with E-state index in [9.17, 15) is 14.7 Å². The zero-order valence-electron chi connectivity index (χ0n) is 12.8. The first-order chi connectivity index (χ1) is 11.0. The Kier molecular flexibility index (Phi) is 5.14. The third-order valence-corrected chi connectivity index (χ3v) is 2.84. The largest absolute Gasteiger partial charge is 0.504 e. The Balaban J connectivity index is 2.00. The number of hydrogen-bond acceptors (Lipinski definition) is 4. The molecular formula is C16H18N4O3. The monoisotopic (exact) mass is 314 g/mol. The van der Waals surface area contributed by atoms with Gasteiger partial charge in [-0.2, -0.15) is 0 Å². The predicted molar refractivity (Wildman–Crippen MR) is 87.6 cm³/mol. The Morgan fingerprint density at radius 2 is 1.78 bits per heavy atom. The van der Waals surface area contributed by atoms with E-state index in [2.05, 4.69) is 20.9 Å². The molecule has 0 radical (unpaired) electrons. The fourth-order valence-corrected chi connectivity index (χ4v) is 1.81. The van der Waals surface area contributed by atoms with E-state index >= 15 is 0 Å². The van der Waals surface area contributed by atoms with Crippen LogP contribution in [-0.4, -0.2) is 28.1 Å². The molecular weight excluding hydrogens is 296 g/mol. The minimum absolute atomic E-state index is 0.0334. The van der Waals surface area contributed by atoms with Gasteiger partial charge in [-0.25, -0.2) is 9.78 Å². The number of pyridine rings is 1. The van der Waals surface area contributed by atoms with Crippen LogP contribution in [0.3, 0.4) is 0 Å². The van der Waals surface area contributed by atoms with Gasteiger partial charge in [0.25, 0.3) is 5.91 Å². The average Bonchev–Trinajstić information content (AvgIpc) is 2.49. The summed E-state index contributed by atoms with van der Waals surface area (Å²) in [6.45, 7) is 3.72. The highest BCUT2D eigenvalue weighted by atomic mass is 16.3. The van der Waals surface area contributed by atoms with Gasteiger partial charge in [0, 0.05) is 23.5 Å². The molecule has 3 amide bonds. The first-order valence-corrected chi connectivity index (χ1v) is 7.08. The normalized spacial score (nSPS) is 10.2. The number of rotatable bonds is 4. The molecule has 1 heterocycles. The van der Waals surface area contributed by atoms with Crippen LogP contribution in [0.25, 0.3) is 0 Å². The highest BCUT2D eigenvalue weighted by Gasteiger charge is 2.10.